The topological polar surface area (TPSA) is 38.9 Å². The minimum absolute atomic E-state index is 0.0743. The Morgan fingerprint density at radius 3 is 1.78 bits per heavy atom. The summed E-state index contributed by atoms with van der Waals surface area (Å²) in [5.74, 6) is 0.685. The number of rotatable bonds is 6. The molecule has 0 radical (unpaired) electrons. The molecule has 3 nitrogen and oxygen atoms in total. The highest BCUT2D eigenvalue weighted by molar-refractivity contribution is 6.12. The van der Waals surface area contributed by atoms with E-state index >= 15 is 0 Å². The zero-order chi connectivity index (χ0) is 38.8. The van der Waals surface area contributed by atoms with Crippen molar-refractivity contribution in [2.75, 3.05) is 0 Å². The van der Waals surface area contributed by atoms with Gasteiger partial charge in [-0.05, 0) is 104 Å². The summed E-state index contributed by atoms with van der Waals surface area (Å²) in [6.45, 7) is 4.67. The van der Waals surface area contributed by atoms with Crippen molar-refractivity contribution in [1.29, 1.82) is 0 Å². The first-order valence-corrected chi connectivity index (χ1v) is 19.9. The van der Waals surface area contributed by atoms with Crippen LogP contribution in [0, 0.1) is 0 Å². The Balaban J connectivity index is 1.08. The van der Waals surface area contributed by atoms with Gasteiger partial charge in [-0.1, -0.05) is 159 Å². The molecule has 0 bridgehead atoms. The van der Waals surface area contributed by atoms with Crippen LogP contribution in [0.3, 0.4) is 0 Å². The Labute approximate surface area is 338 Å². The van der Waals surface area contributed by atoms with E-state index in [0.29, 0.717) is 5.82 Å². The Hall–Kier alpha value is -7.36. The maximum Gasteiger partial charge on any atom is 0.160 e. The predicted octanol–water partition coefficient (Wildman–Crippen LogP) is 14.7. The Kier molecular flexibility index (Phi) is 7.84. The van der Waals surface area contributed by atoms with Crippen molar-refractivity contribution in [3.63, 3.8) is 0 Å². The highest BCUT2D eigenvalue weighted by Crippen LogP contribution is 2.49. The number of aromatic nitrogens is 2. The lowest BCUT2D eigenvalue weighted by Gasteiger charge is -2.22. The van der Waals surface area contributed by atoms with Gasteiger partial charge in [0.25, 0.3) is 0 Å². The van der Waals surface area contributed by atoms with E-state index in [-0.39, 0.29) is 5.41 Å². The molecule has 58 heavy (non-hydrogen) atoms. The van der Waals surface area contributed by atoms with Crippen LogP contribution in [0.15, 0.2) is 199 Å². The van der Waals surface area contributed by atoms with Crippen LogP contribution in [0.4, 0.5) is 0 Å². The number of hydrogen-bond acceptors (Lipinski definition) is 3. The molecule has 274 valence electrons. The fourth-order valence-corrected chi connectivity index (χ4v) is 8.94. The standard InChI is InChI=1S/C55H38N2O/c1-55(2)47-24-11-9-21-44(47)45-28-27-38(33-48(45)55)37-19-13-20-39(29-37)49-34-50(57-54(56-49)36-17-7-4-8-18-36)42-31-40(35-15-5-3-6-16-35)30-41(32-42)43-23-14-26-52-53(43)46-22-10-12-25-51(46)58-52/h3-34H,1-2H3. The van der Waals surface area contributed by atoms with Crippen LogP contribution in [0.25, 0.3) is 100 Å². The number of para-hydroxylation sites is 1. The Morgan fingerprint density at radius 1 is 0.362 bits per heavy atom. The maximum atomic E-state index is 6.34. The van der Waals surface area contributed by atoms with E-state index in [1.54, 1.807) is 0 Å². The van der Waals surface area contributed by atoms with Gasteiger partial charge in [-0.2, -0.15) is 0 Å². The van der Waals surface area contributed by atoms with Crippen molar-refractivity contribution in [3.05, 3.63) is 205 Å². The lowest BCUT2D eigenvalue weighted by molar-refractivity contribution is 0.660. The molecule has 0 saturated carbocycles. The summed E-state index contributed by atoms with van der Waals surface area (Å²) in [7, 11) is 0. The van der Waals surface area contributed by atoms with Crippen LogP contribution in [0.5, 0.6) is 0 Å². The minimum Gasteiger partial charge on any atom is -0.456 e. The lowest BCUT2D eigenvalue weighted by Crippen LogP contribution is -2.14. The molecule has 0 unspecified atom stereocenters. The van der Waals surface area contributed by atoms with Crippen molar-refractivity contribution >= 4 is 21.9 Å². The van der Waals surface area contributed by atoms with Crippen molar-refractivity contribution in [1.82, 2.24) is 9.97 Å². The zero-order valence-corrected chi connectivity index (χ0v) is 32.3. The highest BCUT2D eigenvalue weighted by atomic mass is 16.3. The molecule has 0 aliphatic heterocycles. The zero-order valence-electron chi connectivity index (χ0n) is 32.3. The van der Waals surface area contributed by atoms with Crippen LogP contribution < -0.4 is 0 Å². The quantitative estimate of drug-likeness (QED) is 0.170. The molecule has 8 aromatic carbocycles. The van der Waals surface area contributed by atoms with Crippen LogP contribution in [-0.2, 0) is 5.41 Å². The number of hydrogen-bond donors (Lipinski definition) is 0. The molecule has 2 heterocycles. The molecule has 2 aromatic heterocycles. The second kappa shape index (κ2) is 13.4. The summed E-state index contributed by atoms with van der Waals surface area (Å²) >= 11 is 0. The molecule has 0 amide bonds. The molecule has 11 rings (SSSR count). The van der Waals surface area contributed by atoms with Gasteiger partial charge in [-0.3, -0.25) is 0 Å². The monoisotopic (exact) mass is 742 g/mol. The van der Waals surface area contributed by atoms with E-state index in [4.69, 9.17) is 14.4 Å². The average Bonchev–Trinajstić information content (AvgIpc) is 3.78. The summed E-state index contributed by atoms with van der Waals surface area (Å²) in [4.78, 5) is 10.5. The van der Waals surface area contributed by atoms with Crippen molar-refractivity contribution in [2.45, 2.75) is 19.3 Å². The molecular weight excluding hydrogens is 705 g/mol. The summed E-state index contributed by atoms with van der Waals surface area (Å²) in [6, 6.07) is 69.0. The van der Waals surface area contributed by atoms with Gasteiger partial charge in [0.05, 0.1) is 11.4 Å². The Morgan fingerprint density at radius 2 is 0.931 bits per heavy atom. The van der Waals surface area contributed by atoms with Gasteiger partial charge < -0.3 is 4.42 Å². The summed E-state index contributed by atoms with van der Waals surface area (Å²) in [5.41, 5.74) is 18.6. The lowest BCUT2D eigenvalue weighted by atomic mass is 9.81. The second-order valence-corrected chi connectivity index (χ2v) is 15.8. The van der Waals surface area contributed by atoms with E-state index < -0.39 is 0 Å². The molecule has 1 aliphatic rings. The van der Waals surface area contributed by atoms with Crippen molar-refractivity contribution in [3.8, 4) is 78.4 Å². The number of furan rings is 1. The van der Waals surface area contributed by atoms with Crippen LogP contribution >= 0.6 is 0 Å². The van der Waals surface area contributed by atoms with Gasteiger partial charge in [-0.15, -0.1) is 0 Å². The van der Waals surface area contributed by atoms with Crippen molar-refractivity contribution < 1.29 is 4.42 Å². The van der Waals surface area contributed by atoms with E-state index in [1.165, 1.54) is 27.8 Å². The first kappa shape index (κ1) is 33.9. The van der Waals surface area contributed by atoms with Crippen LogP contribution in [0.2, 0.25) is 0 Å². The van der Waals surface area contributed by atoms with Crippen molar-refractivity contribution in [2.24, 2.45) is 0 Å². The third-order valence-electron chi connectivity index (χ3n) is 11.9. The van der Waals surface area contributed by atoms with Gasteiger partial charge in [-0.25, -0.2) is 9.97 Å². The van der Waals surface area contributed by atoms with Gasteiger partial charge in [0.15, 0.2) is 5.82 Å². The van der Waals surface area contributed by atoms with E-state index in [1.807, 2.05) is 30.3 Å². The SMILES string of the molecule is CC1(C)c2ccccc2-c2ccc(-c3cccc(-c4cc(-c5cc(-c6ccccc6)cc(-c6cccc7oc8ccccc8c67)c5)nc(-c5ccccc5)n4)c3)cc21. The third-order valence-corrected chi connectivity index (χ3v) is 11.9. The van der Waals surface area contributed by atoms with E-state index in [0.717, 1.165) is 77.8 Å². The molecule has 0 spiro atoms. The summed E-state index contributed by atoms with van der Waals surface area (Å²) < 4.78 is 6.34. The fraction of sp³-hybridized carbons (Fsp3) is 0.0545. The molecule has 10 aromatic rings. The van der Waals surface area contributed by atoms with E-state index in [2.05, 4.69) is 178 Å². The number of fused-ring (bicyclic) bond motifs is 6. The third kappa shape index (κ3) is 5.66. The number of benzene rings is 8. The highest BCUT2D eigenvalue weighted by Gasteiger charge is 2.35. The van der Waals surface area contributed by atoms with Crippen LogP contribution in [0.1, 0.15) is 25.0 Å². The smallest absolute Gasteiger partial charge is 0.160 e. The molecule has 0 atom stereocenters. The molecule has 3 heteroatoms. The second-order valence-electron chi connectivity index (χ2n) is 15.8. The summed E-state index contributed by atoms with van der Waals surface area (Å²) in [6.07, 6.45) is 0. The normalized spacial score (nSPS) is 12.8. The number of nitrogens with zero attached hydrogens (tertiary/aromatic N) is 2. The van der Waals surface area contributed by atoms with Crippen LogP contribution in [-0.4, -0.2) is 9.97 Å². The van der Waals surface area contributed by atoms with Gasteiger partial charge in [0, 0.05) is 32.9 Å². The Bertz CT molecular complexity index is 3190. The molecular formula is C55H38N2O. The van der Waals surface area contributed by atoms with E-state index in [9.17, 15) is 0 Å². The largest absolute Gasteiger partial charge is 0.456 e. The first-order chi connectivity index (χ1) is 28.5. The van der Waals surface area contributed by atoms with Gasteiger partial charge in [0.1, 0.15) is 11.2 Å². The predicted molar refractivity (Wildman–Crippen MR) is 239 cm³/mol. The maximum absolute atomic E-state index is 6.34. The average molecular weight is 743 g/mol. The van der Waals surface area contributed by atoms with Gasteiger partial charge in [0.2, 0.25) is 0 Å². The molecule has 0 saturated heterocycles. The fourth-order valence-electron chi connectivity index (χ4n) is 8.94. The molecule has 0 N–H and O–H groups in total. The first-order valence-electron chi connectivity index (χ1n) is 19.9. The molecule has 1 aliphatic carbocycles. The van der Waals surface area contributed by atoms with Gasteiger partial charge >= 0.3 is 0 Å². The minimum atomic E-state index is -0.0743. The summed E-state index contributed by atoms with van der Waals surface area (Å²) in [5, 5.41) is 2.21. The molecule has 0 fully saturated rings.